The van der Waals surface area contributed by atoms with E-state index in [2.05, 4.69) is 24.0 Å². The molecule has 2 N–H and O–H groups in total. The highest BCUT2D eigenvalue weighted by Gasteiger charge is 2.08. The molecule has 0 unspecified atom stereocenters. The number of hydrogen-bond acceptors (Lipinski definition) is 4. The van der Waals surface area contributed by atoms with E-state index in [1.54, 1.807) is 11.3 Å². The van der Waals surface area contributed by atoms with Gasteiger partial charge < -0.3 is 10.5 Å². The molecule has 18 heavy (non-hydrogen) atoms. The lowest BCUT2D eigenvalue weighted by molar-refractivity contribution is 0.317. The fourth-order valence-electron chi connectivity index (χ4n) is 1.74. The van der Waals surface area contributed by atoms with Gasteiger partial charge in [-0.05, 0) is 43.7 Å². The maximum Gasteiger partial charge on any atom is 0.119 e. The molecule has 0 aliphatic heterocycles. The largest absolute Gasteiger partial charge is 0.494 e. The molecule has 0 fully saturated rings. The van der Waals surface area contributed by atoms with E-state index in [-0.39, 0.29) is 0 Å². The molecule has 0 saturated carbocycles. The summed E-state index contributed by atoms with van der Waals surface area (Å²) in [5.74, 6) is 0.913. The molecular weight excluding hydrogens is 244 g/mol. The van der Waals surface area contributed by atoms with Crippen LogP contribution in [0.25, 0.3) is 11.3 Å². The van der Waals surface area contributed by atoms with E-state index < -0.39 is 0 Å². The lowest BCUT2D eigenvalue weighted by Gasteiger charge is -2.06. The molecule has 96 valence electrons. The summed E-state index contributed by atoms with van der Waals surface area (Å²) in [7, 11) is 0. The van der Waals surface area contributed by atoms with E-state index in [1.165, 1.54) is 4.88 Å². The van der Waals surface area contributed by atoms with E-state index in [0.29, 0.717) is 6.54 Å². The van der Waals surface area contributed by atoms with Gasteiger partial charge in [0.25, 0.3) is 0 Å². The van der Waals surface area contributed by atoms with Gasteiger partial charge in [-0.3, -0.25) is 0 Å². The molecule has 0 saturated heterocycles. The van der Waals surface area contributed by atoms with Crippen molar-refractivity contribution in [3.63, 3.8) is 0 Å². The predicted molar refractivity (Wildman–Crippen MR) is 76.1 cm³/mol. The minimum absolute atomic E-state index is 0.660. The minimum atomic E-state index is 0.660. The average Bonchev–Trinajstić information content (AvgIpc) is 2.86. The maximum atomic E-state index is 5.60. The van der Waals surface area contributed by atoms with Gasteiger partial charge in [0, 0.05) is 10.4 Å². The summed E-state index contributed by atoms with van der Waals surface area (Å²) in [6, 6.07) is 8.10. The molecule has 0 aliphatic rings. The zero-order valence-electron chi connectivity index (χ0n) is 10.6. The van der Waals surface area contributed by atoms with Crippen molar-refractivity contribution in [2.45, 2.75) is 19.8 Å². The molecule has 1 aromatic heterocycles. The molecule has 0 aliphatic carbocycles. The van der Waals surface area contributed by atoms with E-state index in [1.807, 2.05) is 17.6 Å². The fraction of sp³-hybridized carbons (Fsp3) is 0.357. The molecule has 0 amide bonds. The standard InChI is InChI=1S/C14H18N2OS/c1-2-9-17-12-5-3-11(4-6-12)14-13(7-8-15)18-10-16-14/h3-6,10H,2,7-9,15H2,1H3. The number of aromatic nitrogens is 1. The van der Waals surface area contributed by atoms with Crippen LogP contribution in [0.5, 0.6) is 5.75 Å². The lowest BCUT2D eigenvalue weighted by atomic mass is 10.1. The Morgan fingerprint density at radius 2 is 2.06 bits per heavy atom. The second-order valence-corrected chi connectivity index (χ2v) is 4.97. The van der Waals surface area contributed by atoms with Gasteiger partial charge in [-0.25, -0.2) is 4.98 Å². The van der Waals surface area contributed by atoms with Crippen molar-refractivity contribution < 1.29 is 4.74 Å². The summed E-state index contributed by atoms with van der Waals surface area (Å²) in [6.07, 6.45) is 1.91. The third-order valence-corrected chi connectivity index (χ3v) is 3.51. The number of nitrogens with two attached hydrogens (primary N) is 1. The third kappa shape index (κ3) is 3.09. The molecule has 0 radical (unpaired) electrons. The number of benzene rings is 1. The van der Waals surface area contributed by atoms with Gasteiger partial charge in [0.1, 0.15) is 5.75 Å². The van der Waals surface area contributed by atoms with E-state index in [0.717, 1.165) is 36.5 Å². The van der Waals surface area contributed by atoms with Crippen LogP contribution >= 0.6 is 11.3 Å². The minimum Gasteiger partial charge on any atom is -0.494 e. The van der Waals surface area contributed by atoms with Crippen LogP contribution in [0.3, 0.4) is 0 Å². The summed E-state index contributed by atoms with van der Waals surface area (Å²) in [5.41, 5.74) is 9.66. The van der Waals surface area contributed by atoms with Crippen LogP contribution in [0.1, 0.15) is 18.2 Å². The molecule has 1 aromatic carbocycles. The highest BCUT2D eigenvalue weighted by atomic mass is 32.1. The van der Waals surface area contributed by atoms with Crippen molar-refractivity contribution in [3.05, 3.63) is 34.7 Å². The second-order valence-electron chi connectivity index (χ2n) is 4.04. The Balaban J connectivity index is 2.15. The number of rotatable bonds is 6. The topological polar surface area (TPSA) is 48.1 Å². The number of nitrogens with zero attached hydrogens (tertiary/aromatic N) is 1. The molecule has 0 spiro atoms. The number of hydrogen-bond donors (Lipinski definition) is 1. The molecule has 2 aromatic rings. The normalized spacial score (nSPS) is 10.6. The Hall–Kier alpha value is -1.39. The maximum absolute atomic E-state index is 5.60. The quantitative estimate of drug-likeness (QED) is 0.870. The van der Waals surface area contributed by atoms with Gasteiger partial charge in [-0.15, -0.1) is 11.3 Å². The van der Waals surface area contributed by atoms with Gasteiger partial charge in [0.15, 0.2) is 0 Å². The van der Waals surface area contributed by atoms with Crippen LogP contribution in [-0.4, -0.2) is 18.1 Å². The van der Waals surface area contributed by atoms with Crippen molar-refractivity contribution in [2.24, 2.45) is 5.73 Å². The zero-order chi connectivity index (χ0) is 12.8. The Bertz CT molecular complexity index is 479. The first kappa shape index (κ1) is 13.1. The van der Waals surface area contributed by atoms with Gasteiger partial charge in [0.2, 0.25) is 0 Å². The van der Waals surface area contributed by atoms with Crippen molar-refractivity contribution in [2.75, 3.05) is 13.2 Å². The van der Waals surface area contributed by atoms with Gasteiger partial charge in [-0.2, -0.15) is 0 Å². The monoisotopic (exact) mass is 262 g/mol. The number of ether oxygens (including phenoxy) is 1. The van der Waals surface area contributed by atoms with Gasteiger partial charge >= 0.3 is 0 Å². The molecule has 4 heteroatoms. The number of thiazole rings is 1. The van der Waals surface area contributed by atoms with Gasteiger partial charge in [-0.1, -0.05) is 6.92 Å². The van der Waals surface area contributed by atoms with Crippen LogP contribution in [0.4, 0.5) is 0 Å². The smallest absolute Gasteiger partial charge is 0.119 e. The lowest BCUT2D eigenvalue weighted by Crippen LogP contribution is -2.02. The van der Waals surface area contributed by atoms with Crippen molar-refractivity contribution in [1.82, 2.24) is 4.98 Å². The van der Waals surface area contributed by atoms with Crippen molar-refractivity contribution in [3.8, 4) is 17.0 Å². The first-order chi connectivity index (χ1) is 8.85. The molecular formula is C14H18N2OS. The SMILES string of the molecule is CCCOc1ccc(-c2ncsc2CCN)cc1. The summed E-state index contributed by atoms with van der Waals surface area (Å²) in [5, 5.41) is 0. The Morgan fingerprint density at radius 1 is 1.28 bits per heavy atom. The first-order valence-electron chi connectivity index (χ1n) is 6.20. The van der Waals surface area contributed by atoms with Crippen LogP contribution in [-0.2, 0) is 6.42 Å². The van der Waals surface area contributed by atoms with Crippen LogP contribution in [0, 0.1) is 0 Å². The third-order valence-electron chi connectivity index (χ3n) is 2.61. The van der Waals surface area contributed by atoms with Crippen LogP contribution < -0.4 is 10.5 Å². The fourth-order valence-corrected chi connectivity index (χ4v) is 2.55. The van der Waals surface area contributed by atoms with Gasteiger partial charge in [0.05, 0.1) is 17.8 Å². The molecule has 0 atom stereocenters. The Kier molecular flexibility index (Phi) is 4.73. The second kappa shape index (κ2) is 6.52. The van der Waals surface area contributed by atoms with E-state index in [4.69, 9.17) is 10.5 Å². The molecule has 2 rings (SSSR count). The van der Waals surface area contributed by atoms with Crippen LogP contribution in [0.2, 0.25) is 0 Å². The summed E-state index contributed by atoms with van der Waals surface area (Å²) < 4.78 is 5.57. The summed E-state index contributed by atoms with van der Waals surface area (Å²) >= 11 is 1.66. The van der Waals surface area contributed by atoms with Crippen molar-refractivity contribution >= 4 is 11.3 Å². The highest BCUT2D eigenvalue weighted by Crippen LogP contribution is 2.27. The first-order valence-corrected chi connectivity index (χ1v) is 7.08. The molecule has 0 bridgehead atoms. The average molecular weight is 262 g/mol. The van der Waals surface area contributed by atoms with E-state index in [9.17, 15) is 0 Å². The highest BCUT2D eigenvalue weighted by molar-refractivity contribution is 7.10. The van der Waals surface area contributed by atoms with E-state index >= 15 is 0 Å². The Morgan fingerprint density at radius 3 is 2.72 bits per heavy atom. The predicted octanol–water partition coefficient (Wildman–Crippen LogP) is 3.10. The van der Waals surface area contributed by atoms with Crippen molar-refractivity contribution in [1.29, 1.82) is 0 Å². The zero-order valence-corrected chi connectivity index (χ0v) is 11.4. The summed E-state index contributed by atoms with van der Waals surface area (Å²) in [4.78, 5) is 5.67. The Labute approximate surface area is 112 Å². The summed E-state index contributed by atoms with van der Waals surface area (Å²) in [6.45, 7) is 3.52. The molecule has 3 nitrogen and oxygen atoms in total. The molecule has 1 heterocycles. The van der Waals surface area contributed by atoms with Crippen LogP contribution in [0.15, 0.2) is 29.8 Å².